The van der Waals surface area contributed by atoms with Gasteiger partial charge in [0.15, 0.2) is 0 Å². The Morgan fingerprint density at radius 3 is 2.20 bits per heavy atom. The third-order valence-corrected chi connectivity index (χ3v) is 3.93. The van der Waals surface area contributed by atoms with Crippen LogP contribution in [0.3, 0.4) is 0 Å². The number of morpholine rings is 1. The highest BCUT2D eigenvalue weighted by molar-refractivity contribution is 5.81. The quantitative estimate of drug-likeness (QED) is 0.780. The van der Waals surface area contributed by atoms with Crippen LogP contribution in [-0.2, 0) is 14.3 Å². The molecule has 1 amide bonds. The minimum atomic E-state index is -0.498. The van der Waals surface area contributed by atoms with Crippen LogP contribution >= 0.6 is 0 Å². The van der Waals surface area contributed by atoms with Crippen LogP contribution in [-0.4, -0.2) is 47.7 Å². The van der Waals surface area contributed by atoms with Crippen molar-refractivity contribution in [1.82, 2.24) is 4.90 Å². The van der Waals surface area contributed by atoms with Crippen molar-refractivity contribution in [3.05, 3.63) is 0 Å². The zero-order valence-corrected chi connectivity index (χ0v) is 12.8. The molecule has 20 heavy (non-hydrogen) atoms. The second-order valence-corrected chi connectivity index (χ2v) is 6.72. The molecule has 5 nitrogen and oxygen atoms in total. The lowest BCUT2D eigenvalue weighted by atomic mass is 9.82. The van der Waals surface area contributed by atoms with Gasteiger partial charge >= 0.3 is 6.09 Å². The molecule has 2 aliphatic heterocycles. The minimum absolute atomic E-state index is 0.0298. The molecule has 2 rings (SSSR count). The van der Waals surface area contributed by atoms with E-state index in [-0.39, 0.29) is 24.1 Å². The number of piperidine rings is 1. The Morgan fingerprint density at radius 2 is 1.75 bits per heavy atom. The van der Waals surface area contributed by atoms with E-state index in [1.807, 2.05) is 27.7 Å². The molecule has 2 unspecified atom stereocenters. The third kappa shape index (κ3) is 3.32. The van der Waals surface area contributed by atoms with E-state index in [0.717, 1.165) is 0 Å². The van der Waals surface area contributed by atoms with Crippen molar-refractivity contribution in [2.45, 2.75) is 64.6 Å². The Morgan fingerprint density at radius 1 is 1.20 bits per heavy atom. The lowest BCUT2D eigenvalue weighted by Gasteiger charge is -2.47. The summed E-state index contributed by atoms with van der Waals surface area (Å²) in [7, 11) is 0. The first kappa shape index (κ1) is 15.3. The van der Waals surface area contributed by atoms with Gasteiger partial charge in [0.05, 0.1) is 25.3 Å². The van der Waals surface area contributed by atoms with Gasteiger partial charge in [0.2, 0.25) is 0 Å². The van der Waals surface area contributed by atoms with Crippen LogP contribution in [0, 0.1) is 5.92 Å². The van der Waals surface area contributed by atoms with Crippen molar-refractivity contribution in [2.75, 3.05) is 13.2 Å². The predicted octanol–water partition coefficient (Wildman–Crippen LogP) is 2.38. The number of rotatable bonds is 2. The Bertz CT molecular complexity index is 374. The number of fused-ring (bicyclic) bond motifs is 2. The number of ether oxygens (including phenoxy) is 2. The van der Waals surface area contributed by atoms with E-state index < -0.39 is 5.60 Å². The summed E-state index contributed by atoms with van der Waals surface area (Å²) >= 11 is 0. The number of hydrogen-bond donors (Lipinski definition) is 0. The molecule has 0 spiro atoms. The van der Waals surface area contributed by atoms with Crippen molar-refractivity contribution >= 4 is 11.9 Å². The van der Waals surface area contributed by atoms with E-state index >= 15 is 0 Å². The number of ketones is 1. The maximum atomic E-state index is 12.3. The smallest absolute Gasteiger partial charge is 0.410 e. The summed E-state index contributed by atoms with van der Waals surface area (Å²) in [5.74, 6) is 0.364. The topological polar surface area (TPSA) is 55.8 Å². The summed E-state index contributed by atoms with van der Waals surface area (Å²) in [5, 5.41) is 0. The molecule has 2 saturated heterocycles. The fourth-order valence-corrected chi connectivity index (χ4v) is 3.08. The highest BCUT2D eigenvalue weighted by Gasteiger charge is 2.44. The van der Waals surface area contributed by atoms with Crippen LogP contribution in [0.5, 0.6) is 0 Å². The fourth-order valence-electron chi connectivity index (χ4n) is 3.08. The lowest BCUT2D eigenvalue weighted by Crippen LogP contribution is -2.60. The average Bonchev–Trinajstić information content (AvgIpc) is 2.34. The van der Waals surface area contributed by atoms with Gasteiger partial charge < -0.3 is 9.47 Å². The normalized spacial score (nSPS) is 30.0. The van der Waals surface area contributed by atoms with Gasteiger partial charge in [0.1, 0.15) is 11.4 Å². The van der Waals surface area contributed by atoms with E-state index in [0.29, 0.717) is 38.3 Å². The van der Waals surface area contributed by atoms with E-state index in [9.17, 15) is 9.59 Å². The van der Waals surface area contributed by atoms with E-state index in [1.165, 1.54) is 0 Å². The van der Waals surface area contributed by atoms with Gasteiger partial charge in [0, 0.05) is 12.3 Å². The molecule has 0 aromatic heterocycles. The summed E-state index contributed by atoms with van der Waals surface area (Å²) in [5.41, 5.74) is -0.498. The van der Waals surface area contributed by atoms with Gasteiger partial charge in [-0.3, -0.25) is 9.69 Å². The molecule has 0 N–H and O–H groups in total. The molecule has 0 aromatic rings. The highest BCUT2D eigenvalue weighted by Crippen LogP contribution is 2.33. The van der Waals surface area contributed by atoms with Crippen LogP contribution < -0.4 is 0 Å². The molecule has 2 atom stereocenters. The van der Waals surface area contributed by atoms with Crippen LogP contribution in [0.25, 0.3) is 0 Å². The first-order valence-corrected chi connectivity index (χ1v) is 7.43. The van der Waals surface area contributed by atoms with Gasteiger partial charge in [-0.05, 0) is 33.6 Å². The number of carbonyl (C=O) groups excluding carboxylic acids is 2. The Kier molecular flexibility index (Phi) is 4.37. The van der Waals surface area contributed by atoms with E-state index in [4.69, 9.17) is 9.47 Å². The molecule has 0 aliphatic carbocycles. The zero-order valence-electron chi connectivity index (χ0n) is 12.8. The summed E-state index contributed by atoms with van der Waals surface area (Å²) in [6.45, 7) is 8.50. The van der Waals surface area contributed by atoms with Gasteiger partial charge in [-0.25, -0.2) is 4.79 Å². The number of hydrogen-bond acceptors (Lipinski definition) is 4. The summed E-state index contributed by atoms with van der Waals surface area (Å²) in [6, 6.07) is -0.0595. The predicted molar refractivity (Wildman–Crippen MR) is 74.5 cm³/mol. The SMILES string of the molecule is CCC(=O)C1CC2COCC(C1)N2C(=O)OC(C)(C)C. The first-order valence-electron chi connectivity index (χ1n) is 7.43. The molecule has 2 bridgehead atoms. The maximum absolute atomic E-state index is 12.3. The standard InChI is InChI=1S/C15H25NO4/c1-5-13(17)10-6-11-8-19-9-12(7-10)16(11)14(18)20-15(2,3)4/h10-12H,5-9H2,1-4H3. The Labute approximate surface area is 120 Å². The van der Waals surface area contributed by atoms with Crippen LogP contribution in [0.2, 0.25) is 0 Å². The second kappa shape index (κ2) is 5.72. The highest BCUT2D eigenvalue weighted by atomic mass is 16.6. The lowest BCUT2D eigenvalue weighted by molar-refractivity contribution is -0.131. The number of amides is 1. The largest absolute Gasteiger partial charge is 0.444 e. The molecule has 2 fully saturated rings. The number of nitrogens with zero attached hydrogens (tertiary/aromatic N) is 1. The molecule has 5 heteroatoms. The van der Waals surface area contributed by atoms with E-state index in [2.05, 4.69) is 0 Å². The molecule has 0 aromatic carbocycles. The molecule has 2 heterocycles. The molecule has 0 radical (unpaired) electrons. The summed E-state index contributed by atoms with van der Waals surface area (Å²) < 4.78 is 11.0. The van der Waals surface area contributed by atoms with Crippen molar-refractivity contribution in [3.63, 3.8) is 0 Å². The van der Waals surface area contributed by atoms with Crippen LogP contribution in [0.1, 0.15) is 47.0 Å². The Hall–Kier alpha value is -1.10. The number of carbonyl (C=O) groups is 2. The molecular formula is C15H25NO4. The van der Waals surface area contributed by atoms with Gasteiger partial charge in [-0.2, -0.15) is 0 Å². The van der Waals surface area contributed by atoms with Crippen LogP contribution in [0.4, 0.5) is 4.79 Å². The fraction of sp³-hybridized carbons (Fsp3) is 0.867. The van der Waals surface area contributed by atoms with Gasteiger partial charge in [0.25, 0.3) is 0 Å². The molecule has 0 saturated carbocycles. The first-order chi connectivity index (χ1) is 9.31. The van der Waals surface area contributed by atoms with Crippen LogP contribution in [0.15, 0.2) is 0 Å². The molecule has 114 valence electrons. The van der Waals surface area contributed by atoms with Crippen molar-refractivity contribution in [1.29, 1.82) is 0 Å². The maximum Gasteiger partial charge on any atom is 0.410 e. The van der Waals surface area contributed by atoms with Crippen molar-refractivity contribution in [3.8, 4) is 0 Å². The van der Waals surface area contributed by atoms with Crippen molar-refractivity contribution < 1.29 is 19.1 Å². The van der Waals surface area contributed by atoms with Gasteiger partial charge in [-0.15, -0.1) is 0 Å². The Balaban J connectivity index is 2.09. The van der Waals surface area contributed by atoms with E-state index in [1.54, 1.807) is 4.90 Å². The zero-order chi connectivity index (χ0) is 14.9. The number of Topliss-reactive ketones (excluding diaryl/α,β-unsaturated/α-hetero) is 1. The summed E-state index contributed by atoms with van der Waals surface area (Å²) in [4.78, 5) is 26.1. The molecule has 2 aliphatic rings. The van der Waals surface area contributed by atoms with Crippen molar-refractivity contribution in [2.24, 2.45) is 5.92 Å². The average molecular weight is 283 g/mol. The second-order valence-electron chi connectivity index (χ2n) is 6.72. The minimum Gasteiger partial charge on any atom is -0.444 e. The molecular weight excluding hydrogens is 258 g/mol. The monoisotopic (exact) mass is 283 g/mol. The third-order valence-electron chi connectivity index (χ3n) is 3.93. The van der Waals surface area contributed by atoms with Gasteiger partial charge in [-0.1, -0.05) is 6.92 Å². The summed E-state index contributed by atoms with van der Waals surface area (Å²) in [6.07, 6.45) is 1.68.